The number of hydrogen-bond donors (Lipinski definition) is 0. The quantitative estimate of drug-likeness (QED) is 0.817. The lowest BCUT2D eigenvalue weighted by Crippen LogP contribution is -2.32. The molecule has 1 fully saturated rings. The maximum Gasteiger partial charge on any atom is 0.400 e. The van der Waals surface area contributed by atoms with Gasteiger partial charge in [0.1, 0.15) is 5.92 Å². The van der Waals surface area contributed by atoms with Gasteiger partial charge in [-0.1, -0.05) is 29.8 Å². The van der Waals surface area contributed by atoms with E-state index in [9.17, 15) is 13.2 Å². The van der Waals surface area contributed by atoms with Crippen LogP contribution in [0.3, 0.4) is 0 Å². The molecule has 1 aliphatic rings. The van der Waals surface area contributed by atoms with E-state index in [1.165, 1.54) is 18.2 Å². The van der Waals surface area contributed by atoms with E-state index in [1.807, 2.05) is 0 Å². The average Bonchev–Trinajstić information content (AvgIpc) is 2.72. The number of ether oxygens (including phenoxy) is 2. The number of rotatable bonds is 2. The van der Waals surface area contributed by atoms with Crippen molar-refractivity contribution in [1.82, 2.24) is 0 Å². The van der Waals surface area contributed by atoms with E-state index in [0.717, 1.165) is 0 Å². The van der Waals surface area contributed by atoms with Gasteiger partial charge < -0.3 is 9.47 Å². The molecule has 0 amide bonds. The van der Waals surface area contributed by atoms with Gasteiger partial charge in [0.2, 0.25) is 0 Å². The number of benzene rings is 1. The molecule has 6 heteroatoms. The SMILES string of the molecule is FC(F)(F)C(c1ccccc1Cl)C1OCCO1. The summed E-state index contributed by atoms with van der Waals surface area (Å²) in [4.78, 5) is 0. The number of hydrogen-bond acceptors (Lipinski definition) is 2. The molecule has 0 bridgehead atoms. The largest absolute Gasteiger partial charge is 0.400 e. The number of halogens is 4. The summed E-state index contributed by atoms with van der Waals surface area (Å²) in [5, 5.41) is 0.0638. The number of alkyl halides is 3. The van der Waals surface area contributed by atoms with Crippen molar-refractivity contribution in [3.8, 4) is 0 Å². The Morgan fingerprint density at radius 3 is 2.29 bits per heavy atom. The molecule has 0 aliphatic carbocycles. The topological polar surface area (TPSA) is 18.5 Å². The first kappa shape index (κ1) is 12.7. The van der Waals surface area contributed by atoms with E-state index < -0.39 is 18.4 Å². The van der Waals surface area contributed by atoms with E-state index in [1.54, 1.807) is 6.07 Å². The van der Waals surface area contributed by atoms with Gasteiger partial charge in [-0.2, -0.15) is 13.2 Å². The van der Waals surface area contributed by atoms with Crippen LogP contribution in [0, 0.1) is 0 Å². The van der Waals surface area contributed by atoms with Crippen LogP contribution >= 0.6 is 11.6 Å². The van der Waals surface area contributed by atoms with Gasteiger partial charge in [-0.25, -0.2) is 0 Å². The summed E-state index contributed by atoms with van der Waals surface area (Å²) in [5.74, 6) is -1.85. The van der Waals surface area contributed by atoms with E-state index in [4.69, 9.17) is 21.1 Å². The van der Waals surface area contributed by atoms with Crippen LogP contribution in [0.5, 0.6) is 0 Å². The van der Waals surface area contributed by atoms with Gasteiger partial charge in [0, 0.05) is 5.02 Å². The molecule has 1 aromatic rings. The van der Waals surface area contributed by atoms with Crippen LogP contribution in [0.2, 0.25) is 5.02 Å². The molecule has 1 saturated heterocycles. The molecule has 1 aliphatic heterocycles. The predicted molar refractivity (Wildman–Crippen MR) is 55.9 cm³/mol. The molecule has 94 valence electrons. The minimum Gasteiger partial charge on any atom is -0.349 e. The van der Waals surface area contributed by atoms with Crippen LogP contribution in [-0.2, 0) is 9.47 Å². The van der Waals surface area contributed by atoms with Crippen molar-refractivity contribution in [3.63, 3.8) is 0 Å². The zero-order chi connectivity index (χ0) is 12.5. The lowest BCUT2D eigenvalue weighted by molar-refractivity contribution is -0.207. The van der Waals surface area contributed by atoms with Crippen LogP contribution in [-0.4, -0.2) is 25.7 Å². The van der Waals surface area contributed by atoms with Crippen LogP contribution in [0.25, 0.3) is 0 Å². The van der Waals surface area contributed by atoms with Gasteiger partial charge in [-0.3, -0.25) is 0 Å². The lowest BCUT2D eigenvalue weighted by atomic mass is 9.98. The van der Waals surface area contributed by atoms with E-state index in [-0.39, 0.29) is 23.8 Å². The van der Waals surface area contributed by atoms with Crippen molar-refractivity contribution in [1.29, 1.82) is 0 Å². The zero-order valence-electron chi connectivity index (χ0n) is 8.71. The third-order valence-corrected chi connectivity index (χ3v) is 2.86. The lowest BCUT2D eigenvalue weighted by Gasteiger charge is -2.25. The molecule has 1 unspecified atom stereocenters. The van der Waals surface area contributed by atoms with E-state index >= 15 is 0 Å². The Morgan fingerprint density at radius 1 is 1.18 bits per heavy atom. The second kappa shape index (κ2) is 4.84. The second-order valence-electron chi connectivity index (χ2n) is 3.65. The van der Waals surface area contributed by atoms with Gasteiger partial charge in [0.15, 0.2) is 6.29 Å². The fourth-order valence-corrected chi connectivity index (χ4v) is 2.03. The monoisotopic (exact) mass is 266 g/mol. The van der Waals surface area contributed by atoms with Crippen LogP contribution in [0.1, 0.15) is 11.5 Å². The summed E-state index contributed by atoms with van der Waals surface area (Å²) in [6.45, 7) is 0.337. The van der Waals surface area contributed by atoms with Crippen molar-refractivity contribution in [3.05, 3.63) is 34.9 Å². The predicted octanol–water partition coefficient (Wildman–Crippen LogP) is 3.36. The Labute approximate surface area is 101 Å². The van der Waals surface area contributed by atoms with E-state index in [0.29, 0.717) is 0 Å². The third-order valence-electron chi connectivity index (χ3n) is 2.51. The average molecular weight is 267 g/mol. The molecule has 2 rings (SSSR count). The molecular formula is C11H10ClF3O2. The maximum atomic E-state index is 13.0. The summed E-state index contributed by atoms with van der Waals surface area (Å²) in [6.07, 6.45) is -5.77. The normalized spacial score (nSPS) is 19.5. The molecule has 0 saturated carbocycles. The first-order valence-electron chi connectivity index (χ1n) is 5.04. The Morgan fingerprint density at radius 2 is 1.76 bits per heavy atom. The molecule has 1 heterocycles. The highest BCUT2D eigenvalue weighted by atomic mass is 35.5. The Bertz CT molecular complexity index is 389. The molecule has 1 aromatic carbocycles. The second-order valence-corrected chi connectivity index (χ2v) is 4.06. The molecule has 0 radical (unpaired) electrons. The van der Waals surface area contributed by atoms with E-state index in [2.05, 4.69) is 0 Å². The summed E-state index contributed by atoms with van der Waals surface area (Å²) in [5.41, 5.74) is -0.0198. The fraction of sp³-hybridized carbons (Fsp3) is 0.455. The standard InChI is InChI=1S/C11H10ClF3O2/c12-8-4-2-1-3-7(8)9(11(13,14)15)10-16-5-6-17-10/h1-4,9-10H,5-6H2. The zero-order valence-corrected chi connectivity index (χ0v) is 9.46. The van der Waals surface area contributed by atoms with Gasteiger partial charge in [-0.05, 0) is 11.6 Å². The molecule has 0 aromatic heterocycles. The minimum atomic E-state index is -4.46. The van der Waals surface area contributed by atoms with Crippen molar-refractivity contribution in [2.45, 2.75) is 18.4 Å². The Balaban J connectivity index is 2.37. The summed E-state index contributed by atoms with van der Waals surface area (Å²) >= 11 is 5.79. The smallest absolute Gasteiger partial charge is 0.349 e. The molecule has 0 N–H and O–H groups in total. The maximum absolute atomic E-state index is 13.0. The summed E-state index contributed by atoms with van der Waals surface area (Å²) < 4.78 is 49.0. The minimum absolute atomic E-state index is 0.0198. The summed E-state index contributed by atoms with van der Waals surface area (Å²) in [6, 6.07) is 5.85. The Kier molecular flexibility index (Phi) is 3.61. The first-order valence-corrected chi connectivity index (χ1v) is 5.42. The van der Waals surface area contributed by atoms with Gasteiger partial charge >= 0.3 is 6.18 Å². The van der Waals surface area contributed by atoms with Crippen LogP contribution in [0.4, 0.5) is 13.2 Å². The molecule has 17 heavy (non-hydrogen) atoms. The highest BCUT2D eigenvalue weighted by Gasteiger charge is 2.49. The fourth-order valence-electron chi connectivity index (χ4n) is 1.77. The van der Waals surface area contributed by atoms with Crippen molar-refractivity contribution in [2.75, 3.05) is 13.2 Å². The third kappa shape index (κ3) is 2.73. The highest BCUT2D eigenvalue weighted by Crippen LogP contribution is 2.42. The van der Waals surface area contributed by atoms with Crippen molar-refractivity contribution >= 4 is 11.6 Å². The molecule has 0 spiro atoms. The summed E-state index contributed by atoms with van der Waals surface area (Å²) in [7, 11) is 0. The Hall–Kier alpha value is -0.780. The molecular weight excluding hydrogens is 257 g/mol. The van der Waals surface area contributed by atoms with Gasteiger partial charge in [0.05, 0.1) is 13.2 Å². The van der Waals surface area contributed by atoms with Crippen LogP contribution < -0.4 is 0 Å². The molecule has 2 nitrogen and oxygen atoms in total. The van der Waals surface area contributed by atoms with Crippen molar-refractivity contribution in [2.24, 2.45) is 0 Å². The highest BCUT2D eigenvalue weighted by molar-refractivity contribution is 6.31. The van der Waals surface area contributed by atoms with Gasteiger partial charge in [0.25, 0.3) is 0 Å². The van der Waals surface area contributed by atoms with Crippen molar-refractivity contribution < 1.29 is 22.6 Å². The van der Waals surface area contributed by atoms with Gasteiger partial charge in [-0.15, -0.1) is 0 Å². The van der Waals surface area contributed by atoms with Crippen LogP contribution in [0.15, 0.2) is 24.3 Å². The molecule has 1 atom stereocenters. The first-order chi connectivity index (χ1) is 8.00.